The van der Waals surface area contributed by atoms with Gasteiger partial charge in [0.25, 0.3) is 0 Å². The van der Waals surface area contributed by atoms with Crippen molar-refractivity contribution in [2.24, 2.45) is 12.8 Å². The molecule has 5 nitrogen and oxygen atoms in total. The number of hydrogen-bond acceptors (Lipinski definition) is 3. The summed E-state index contributed by atoms with van der Waals surface area (Å²) in [5, 5.41) is 4.21. The smallest absolute Gasteiger partial charge is 0.224 e. The molecular formula is C11H18N4O. The molecule has 0 radical (unpaired) electrons. The molecule has 5 heteroatoms. The maximum atomic E-state index is 11.7. The zero-order valence-electron chi connectivity index (χ0n) is 9.97. The number of likely N-dealkylation sites (N-methyl/N-ethyl adjacent to an activating group) is 1. The number of aromatic nitrogens is 2. The first-order valence-electron chi connectivity index (χ1n) is 5.59. The lowest BCUT2D eigenvalue weighted by Gasteiger charge is -2.25. The Balaban J connectivity index is 2.39. The Kier molecular flexibility index (Phi) is 2.71. The van der Waals surface area contributed by atoms with Crippen LogP contribution in [0.3, 0.4) is 0 Å². The summed E-state index contributed by atoms with van der Waals surface area (Å²) in [5.74, 6) is 0.142. The topological polar surface area (TPSA) is 64.2 Å². The van der Waals surface area contributed by atoms with Crippen molar-refractivity contribution >= 4 is 5.91 Å². The number of carbonyl (C=O) groups is 1. The predicted octanol–water partition coefficient (Wildman–Crippen LogP) is 0.349. The summed E-state index contributed by atoms with van der Waals surface area (Å²) in [6.07, 6.45) is 2.26. The van der Waals surface area contributed by atoms with Gasteiger partial charge in [0.2, 0.25) is 5.91 Å². The molecular weight excluding hydrogens is 204 g/mol. The van der Waals surface area contributed by atoms with Gasteiger partial charge in [0.05, 0.1) is 12.2 Å². The zero-order chi connectivity index (χ0) is 11.9. The van der Waals surface area contributed by atoms with E-state index in [9.17, 15) is 4.79 Å². The normalized spacial score (nSPS) is 25.5. The van der Waals surface area contributed by atoms with Crippen molar-refractivity contribution in [3.05, 3.63) is 17.5 Å². The average Bonchev–Trinajstić information content (AvgIpc) is 2.69. The molecule has 1 amide bonds. The SMILES string of the molecule is CCN1C(=O)CC(N)C1c1cnn(C)c1C. The van der Waals surface area contributed by atoms with E-state index in [1.807, 2.05) is 36.7 Å². The summed E-state index contributed by atoms with van der Waals surface area (Å²) in [7, 11) is 1.90. The monoisotopic (exact) mass is 222 g/mol. The van der Waals surface area contributed by atoms with Crippen molar-refractivity contribution in [2.75, 3.05) is 6.54 Å². The molecule has 16 heavy (non-hydrogen) atoms. The van der Waals surface area contributed by atoms with Gasteiger partial charge in [0.15, 0.2) is 0 Å². The van der Waals surface area contributed by atoms with Gasteiger partial charge >= 0.3 is 0 Å². The Morgan fingerprint density at radius 1 is 1.62 bits per heavy atom. The van der Waals surface area contributed by atoms with Crippen LogP contribution in [0.4, 0.5) is 0 Å². The van der Waals surface area contributed by atoms with Crippen LogP contribution in [-0.4, -0.2) is 33.2 Å². The molecule has 2 rings (SSSR count). The van der Waals surface area contributed by atoms with Crippen molar-refractivity contribution in [3.63, 3.8) is 0 Å². The maximum Gasteiger partial charge on any atom is 0.224 e. The van der Waals surface area contributed by atoms with Gasteiger partial charge in [-0.05, 0) is 13.8 Å². The van der Waals surface area contributed by atoms with Crippen LogP contribution in [0.15, 0.2) is 6.20 Å². The minimum absolute atomic E-state index is 0.00815. The molecule has 1 aliphatic heterocycles. The van der Waals surface area contributed by atoms with E-state index in [2.05, 4.69) is 5.10 Å². The van der Waals surface area contributed by atoms with Crippen LogP contribution < -0.4 is 5.73 Å². The molecule has 2 atom stereocenters. The van der Waals surface area contributed by atoms with E-state index >= 15 is 0 Å². The fourth-order valence-electron chi connectivity index (χ4n) is 2.39. The van der Waals surface area contributed by atoms with Crippen LogP contribution in [0.1, 0.15) is 30.6 Å². The lowest BCUT2D eigenvalue weighted by Crippen LogP contribution is -2.33. The molecule has 1 fully saturated rings. The first-order valence-corrected chi connectivity index (χ1v) is 5.59. The molecule has 2 N–H and O–H groups in total. The third kappa shape index (κ3) is 1.51. The van der Waals surface area contributed by atoms with E-state index in [1.165, 1.54) is 0 Å². The van der Waals surface area contributed by atoms with Gasteiger partial charge in [-0.1, -0.05) is 0 Å². The number of nitrogens with two attached hydrogens (primary N) is 1. The molecule has 0 aromatic carbocycles. The first-order chi connectivity index (χ1) is 7.56. The van der Waals surface area contributed by atoms with Gasteiger partial charge in [-0.3, -0.25) is 9.48 Å². The second kappa shape index (κ2) is 3.90. The average molecular weight is 222 g/mol. The van der Waals surface area contributed by atoms with E-state index in [0.717, 1.165) is 11.3 Å². The molecule has 0 spiro atoms. The maximum absolute atomic E-state index is 11.7. The van der Waals surface area contributed by atoms with Crippen LogP contribution >= 0.6 is 0 Å². The van der Waals surface area contributed by atoms with Crippen molar-refractivity contribution in [1.82, 2.24) is 14.7 Å². The number of aryl methyl sites for hydroxylation is 1. The summed E-state index contributed by atoms with van der Waals surface area (Å²) in [5.41, 5.74) is 8.20. The van der Waals surface area contributed by atoms with Crippen molar-refractivity contribution < 1.29 is 4.79 Å². The van der Waals surface area contributed by atoms with Gasteiger partial charge in [0, 0.05) is 37.3 Å². The summed E-state index contributed by atoms with van der Waals surface area (Å²) in [4.78, 5) is 13.6. The van der Waals surface area contributed by atoms with Crippen LogP contribution in [0.25, 0.3) is 0 Å². The van der Waals surface area contributed by atoms with E-state index in [0.29, 0.717) is 13.0 Å². The molecule has 0 aliphatic carbocycles. The number of rotatable bonds is 2. The Morgan fingerprint density at radius 2 is 2.31 bits per heavy atom. The van der Waals surface area contributed by atoms with Crippen LogP contribution in [-0.2, 0) is 11.8 Å². The number of nitrogens with zero attached hydrogens (tertiary/aromatic N) is 3. The summed E-state index contributed by atoms with van der Waals surface area (Å²) in [6, 6.07) is -0.124. The van der Waals surface area contributed by atoms with E-state index in [-0.39, 0.29) is 18.0 Å². The number of amides is 1. The number of likely N-dealkylation sites (tertiary alicyclic amines) is 1. The molecule has 0 saturated carbocycles. The van der Waals surface area contributed by atoms with Crippen LogP contribution in [0.5, 0.6) is 0 Å². The highest BCUT2D eigenvalue weighted by atomic mass is 16.2. The Morgan fingerprint density at radius 3 is 2.81 bits per heavy atom. The van der Waals surface area contributed by atoms with Crippen molar-refractivity contribution in [2.45, 2.75) is 32.4 Å². The van der Waals surface area contributed by atoms with Gasteiger partial charge < -0.3 is 10.6 Å². The van der Waals surface area contributed by atoms with Crippen LogP contribution in [0, 0.1) is 6.92 Å². The molecule has 1 aromatic heterocycles. The highest BCUT2D eigenvalue weighted by Gasteiger charge is 2.39. The second-order valence-corrected chi connectivity index (χ2v) is 4.30. The molecule has 88 valence electrons. The Hall–Kier alpha value is -1.36. The van der Waals surface area contributed by atoms with Crippen molar-refractivity contribution in [1.29, 1.82) is 0 Å². The zero-order valence-corrected chi connectivity index (χ0v) is 9.97. The fourth-order valence-corrected chi connectivity index (χ4v) is 2.39. The van der Waals surface area contributed by atoms with Crippen molar-refractivity contribution in [3.8, 4) is 0 Å². The van der Waals surface area contributed by atoms with E-state index < -0.39 is 0 Å². The minimum Gasteiger partial charge on any atom is -0.334 e. The molecule has 1 aliphatic rings. The van der Waals surface area contributed by atoms with E-state index in [4.69, 9.17) is 5.73 Å². The first kappa shape index (κ1) is 11.1. The largest absolute Gasteiger partial charge is 0.334 e. The van der Waals surface area contributed by atoms with Gasteiger partial charge in [0.1, 0.15) is 0 Å². The summed E-state index contributed by atoms with van der Waals surface area (Å²) < 4.78 is 1.82. The standard InChI is InChI=1S/C11H18N4O/c1-4-15-10(16)5-9(12)11(15)8-6-13-14(3)7(8)2/h6,9,11H,4-5,12H2,1-3H3. The van der Waals surface area contributed by atoms with E-state index in [1.54, 1.807) is 0 Å². The number of carbonyl (C=O) groups excluding carboxylic acids is 1. The van der Waals surface area contributed by atoms with Crippen LogP contribution in [0.2, 0.25) is 0 Å². The number of hydrogen-bond donors (Lipinski definition) is 1. The quantitative estimate of drug-likeness (QED) is 0.785. The lowest BCUT2D eigenvalue weighted by atomic mass is 10.0. The Labute approximate surface area is 95.2 Å². The highest BCUT2D eigenvalue weighted by molar-refractivity contribution is 5.80. The molecule has 1 saturated heterocycles. The summed E-state index contributed by atoms with van der Waals surface area (Å²) >= 11 is 0. The van der Waals surface area contributed by atoms with Gasteiger partial charge in [-0.15, -0.1) is 0 Å². The lowest BCUT2D eigenvalue weighted by molar-refractivity contribution is -0.128. The van der Waals surface area contributed by atoms with Gasteiger partial charge in [-0.2, -0.15) is 5.10 Å². The highest BCUT2D eigenvalue weighted by Crippen LogP contribution is 2.33. The molecule has 2 unspecified atom stereocenters. The summed E-state index contributed by atoms with van der Waals surface area (Å²) in [6.45, 7) is 4.69. The second-order valence-electron chi connectivity index (χ2n) is 4.30. The van der Waals surface area contributed by atoms with Gasteiger partial charge in [-0.25, -0.2) is 0 Å². The molecule has 0 bridgehead atoms. The Bertz CT molecular complexity index is 412. The molecule has 2 heterocycles. The fraction of sp³-hybridized carbons (Fsp3) is 0.636. The molecule has 1 aromatic rings. The predicted molar refractivity (Wildman–Crippen MR) is 60.7 cm³/mol. The third-order valence-corrected chi connectivity index (χ3v) is 3.40. The third-order valence-electron chi connectivity index (χ3n) is 3.40. The minimum atomic E-state index is -0.115.